The molecular formula is C28H32N2O2. The summed E-state index contributed by atoms with van der Waals surface area (Å²) in [5.41, 5.74) is 5.94. The van der Waals surface area contributed by atoms with Gasteiger partial charge in [0.05, 0.1) is 5.57 Å². The van der Waals surface area contributed by atoms with Crippen LogP contribution in [0.1, 0.15) is 61.8 Å². The van der Waals surface area contributed by atoms with Gasteiger partial charge in [-0.2, -0.15) is 0 Å². The Labute approximate surface area is 190 Å². The maximum absolute atomic E-state index is 13.1. The van der Waals surface area contributed by atoms with Crippen LogP contribution in [0.15, 0.2) is 70.9 Å². The molecule has 166 valence electrons. The van der Waals surface area contributed by atoms with Gasteiger partial charge in [0.15, 0.2) is 5.78 Å². The lowest BCUT2D eigenvalue weighted by Gasteiger charge is -2.24. The number of nitrogens with one attached hydrogen (secondary N) is 1. The Balaban J connectivity index is 1.56. The molecule has 0 aliphatic heterocycles. The molecule has 1 aliphatic carbocycles. The highest BCUT2D eigenvalue weighted by atomic mass is 16.3. The first kappa shape index (κ1) is 22.1. The second kappa shape index (κ2) is 9.99. The zero-order chi connectivity index (χ0) is 22.5. The number of para-hydroxylation sites is 1. The van der Waals surface area contributed by atoms with Crippen LogP contribution in [0, 0.1) is 6.92 Å². The minimum Gasteiger partial charge on any atom is -0.511 e. The molecule has 4 rings (SSSR count). The third kappa shape index (κ3) is 4.69. The number of nitrogens with zero attached hydrogens (tertiary/aromatic N) is 1. The third-order valence-electron chi connectivity index (χ3n) is 6.46. The van der Waals surface area contributed by atoms with Crippen molar-refractivity contribution in [3.63, 3.8) is 0 Å². The van der Waals surface area contributed by atoms with Gasteiger partial charge in [-0.25, -0.2) is 0 Å². The van der Waals surface area contributed by atoms with Crippen molar-refractivity contribution < 1.29 is 9.90 Å². The molecule has 0 amide bonds. The fourth-order valence-corrected chi connectivity index (χ4v) is 4.77. The Morgan fingerprint density at radius 3 is 2.59 bits per heavy atom. The number of aromatic nitrogens is 1. The molecule has 0 saturated heterocycles. The van der Waals surface area contributed by atoms with Gasteiger partial charge in [-0.05, 0) is 49.3 Å². The number of rotatable bonds is 8. The second-order valence-electron chi connectivity index (χ2n) is 8.72. The highest BCUT2D eigenvalue weighted by Gasteiger charge is 2.31. The fraction of sp³-hybridized carbons (Fsp3) is 0.357. The molecule has 4 heteroatoms. The zero-order valence-corrected chi connectivity index (χ0v) is 19.0. The second-order valence-corrected chi connectivity index (χ2v) is 8.72. The zero-order valence-electron chi connectivity index (χ0n) is 19.0. The summed E-state index contributed by atoms with van der Waals surface area (Å²) in [6, 6.07) is 18.3. The van der Waals surface area contributed by atoms with E-state index in [1.54, 1.807) is 0 Å². The van der Waals surface area contributed by atoms with Gasteiger partial charge in [0.1, 0.15) is 5.76 Å². The van der Waals surface area contributed by atoms with E-state index in [1.165, 1.54) is 10.9 Å². The monoisotopic (exact) mass is 428 g/mol. The van der Waals surface area contributed by atoms with E-state index in [0.717, 1.165) is 48.2 Å². The maximum atomic E-state index is 13.1. The van der Waals surface area contributed by atoms with Gasteiger partial charge in [-0.15, -0.1) is 0 Å². The van der Waals surface area contributed by atoms with Gasteiger partial charge in [0.25, 0.3) is 0 Å². The number of carbonyl (C=O) groups is 1. The molecule has 3 aromatic rings. The number of hydrogen-bond acceptors (Lipinski definition) is 3. The summed E-state index contributed by atoms with van der Waals surface area (Å²) in [7, 11) is 0. The van der Waals surface area contributed by atoms with Crippen molar-refractivity contribution in [2.45, 2.75) is 58.3 Å². The molecule has 0 fully saturated rings. The Kier molecular flexibility index (Phi) is 6.89. The number of benzene rings is 2. The molecule has 0 spiro atoms. The van der Waals surface area contributed by atoms with Crippen molar-refractivity contribution >= 4 is 22.4 Å². The number of hydrogen-bond donors (Lipinski definition) is 2. The first-order valence-electron chi connectivity index (χ1n) is 11.7. The minimum atomic E-state index is 0.0146. The van der Waals surface area contributed by atoms with Crippen LogP contribution in [-0.2, 0) is 11.2 Å². The van der Waals surface area contributed by atoms with Gasteiger partial charge in [-0.1, -0.05) is 61.9 Å². The van der Waals surface area contributed by atoms with Crippen LogP contribution in [0.25, 0.3) is 10.9 Å². The van der Waals surface area contributed by atoms with E-state index >= 15 is 0 Å². The molecule has 1 heterocycles. The molecule has 0 radical (unpaired) electrons. The SMILES string of the molecule is CCCCC(=NCCc1c(C)[nH]c2ccccc12)C1=C(O)CC(c2ccccc2)CC1=O. The number of unbranched alkanes of at least 4 members (excludes halogenated alkanes) is 1. The summed E-state index contributed by atoms with van der Waals surface area (Å²) < 4.78 is 0. The van der Waals surface area contributed by atoms with Gasteiger partial charge >= 0.3 is 0 Å². The van der Waals surface area contributed by atoms with Crippen molar-refractivity contribution in [3.8, 4) is 0 Å². The average molecular weight is 429 g/mol. The van der Waals surface area contributed by atoms with Crippen LogP contribution in [0.2, 0.25) is 0 Å². The number of Topliss-reactive ketones (excluding diaryl/α,β-unsaturated/α-hetero) is 1. The van der Waals surface area contributed by atoms with Gasteiger partial charge in [0.2, 0.25) is 0 Å². The molecular weight excluding hydrogens is 396 g/mol. The maximum Gasteiger partial charge on any atom is 0.168 e. The molecule has 1 aliphatic rings. The van der Waals surface area contributed by atoms with E-state index in [4.69, 9.17) is 4.99 Å². The Bertz CT molecular complexity index is 1150. The lowest BCUT2D eigenvalue weighted by molar-refractivity contribution is -0.116. The predicted molar refractivity (Wildman–Crippen MR) is 132 cm³/mol. The van der Waals surface area contributed by atoms with Crippen LogP contribution in [0.5, 0.6) is 0 Å². The molecule has 1 atom stereocenters. The van der Waals surface area contributed by atoms with Gasteiger partial charge in [-0.3, -0.25) is 9.79 Å². The van der Waals surface area contributed by atoms with E-state index in [2.05, 4.69) is 37.0 Å². The molecule has 2 aromatic carbocycles. The molecule has 4 nitrogen and oxygen atoms in total. The van der Waals surface area contributed by atoms with Gasteiger partial charge < -0.3 is 10.1 Å². The van der Waals surface area contributed by atoms with Crippen molar-refractivity contribution in [2.75, 3.05) is 6.54 Å². The number of fused-ring (bicyclic) bond motifs is 1. The van der Waals surface area contributed by atoms with Gasteiger partial charge in [0, 0.05) is 41.7 Å². The minimum absolute atomic E-state index is 0.0146. The number of aryl methyl sites for hydroxylation is 1. The lowest BCUT2D eigenvalue weighted by Crippen LogP contribution is -2.24. The molecule has 32 heavy (non-hydrogen) atoms. The summed E-state index contributed by atoms with van der Waals surface area (Å²) >= 11 is 0. The van der Waals surface area contributed by atoms with E-state index in [0.29, 0.717) is 25.0 Å². The number of aliphatic hydroxyl groups is 1. The van der Waals surface area contributed by atoms with E-state index in [1.807, 2.05) is 36.4 Å². The highest BCUT2D eigenvalue weighted by Crippen LogP contribution is 2.34. The number of aliphatic hydroxyl groups excluding tert-OH is 1. The van der Waals surface area contributed by atoms with E-state index in [9.17, 15) is 9.90 Å². The lowest BCUT2D eigenvalue weighted by atomic mass is 9.80. The molecule has 0 saturated carbocycles. The number of allylic oxidation sites excluding steroid dienone is 2. The van der Waals surface area contributed by atoms with Crippen LogP contribution in [-0.4, -0.2) is 28.1 Å². The van der Waals surface area contributed by atoms with Crippen LogP contribution in [0.4, 0.5) is 0 Å². The van der Waals surface area contributed by atoms with E-state index in [-0.39, 0.29) is 17.5 Å². The predicted octanol–water partition coefficient (Wildman–Crippen LogP) is 6.61. The Morgan fingerprint density at radius 1 is 1.09 bits per heavy atom. The normalized spacial score (nSPS) is 17.4. The van der Waals surface area contributed by atoms with E-state index < -0.39 is 0 Å². The number of carbonyl (C=O) groups excluding carboxylic acids is 1. The van der Waals surface area contributed by atoms with Crippen molar-refractivity contribution in [3.05, 3.63) is 82.8 Å². The molecule has 0 bridgehead atoms. The third-order valence-corrected chi connectivity index (χ3v) is 6.46. The van der Waals surface area contributed by atoms with Crippen molar-refractivity contribution in [1.29, 1.82) is 0 Å². The van der Waals surface area contributed by atoms with Crippen LogP contribution < -0.4 is 0 Å². The number of aromatic amines is 1. The standard InChI is InChI=1S/C28H32N2O2/c1-3-4-13-25(29-16-15-22-19(2)30-24-14-9-8-12-23(22)24)28-26(31)17-21(18-27(28)32)20-10-6-5-7-11-20/h5-12,14,21,30-31H,3-4,13,15-18H2,1-2H3. The summed E-state index contributed by atoms with van der Waals surface area (Å²) in [5.74, 6) is 0.253. The topological polar surface area (TPSA) is 65.4 Å². The quantitative estimate of drug-likeness (QED) is 0.397. The molecule has 2 N–H and O–H groups in total. The van der Waals surface area contributed by atoms with Crippen LogP contribution >= 0.6 is 0 Å². The summed E-state index contributed by atoms with van der Waals surface area (Å²) in [6.45, 7) is 4.84. The van der Waals surface area contributed by atoms with Crippen molar-refractivity contribution in [1.82, 2.24) is 4.98 Å². The van der Waals surface area contributed by atoms with Crippen LogP contribution in [0.3, 0.4) is 0 Å². The van der Waals surface area contributed by atoms with Crippen molar-refractivity contribution in [2.24, 2.45) is 4.99 Å². The molecule has 1 unspecified atom stereocenters. The first-order chi connectivity index (χ1) is 15.6. The number of H-pyrrole nitrogens is 1. The molecule has 1 aromatic heterocycles. The summed E-state index contributed by atoms with van der Waals surface area (Å²) in [4.78, 5) is 21.4. The summed E-state index contributed by atoms with van der Waals surface area (Å²) in [5, 5.41) is 12.1. The Morgan fingerprint density at radius 2 is 1.84 bits per heavy atom. The fourth-order valence-electron chi connectivity index (χ4n) is 4.77. The number of aliphatic imine (C=N–C) groups is 1. The smallest absolute Gasteiger partial charge is 0.168 e. The Hall–Kier alpha value is -3.14. The largest absolute Gasteiger partial charge is 0.511 e. The first-order valence-corrected chi connectivity index (χ1v) is 11.7. The summed E-state index contributed by atoms with van der Waals surface area (Å²) in [6.07, 6.45) is 4.44. The highest BCUT2D eigenvalue weighted by molar-refractivity contribution is 6.23. The number of ketones is 1. The average Bonchev–Trinajstić information content (AvgIpc) is 3.12.